The summed E-state index contributed by atoms with van der Waals surface area (Å²) in [5.41, 5.74) is 1.36. The van der Waals surface area contributed by atoms with Crippen LogP contribution in [0.15, 0.2) is 42.7 Å². The summed E-state index contributed by atoms with van der Waals surface area (Å²) in [6.07, 6.45) is 2.05. The van der Waals surface area contributed by atoms with Gasteiger partial charge in [0.25, 0.3) is 0 Å². The third-order valence-corrected chi connectivity index (χ3v) is 2.99. The van der Waals surface area contributed by atoms with Crippen LogP contribution in [-0.4, -0.2) is 27.7 Å². The molecule has 6 heteroatoms. The molecule has 0 bridgehead atoms. The molecule has 1 heterocycles. The first-order valence-electron chi connectivity index (χ1n) is 5.92. The van der Waals surface area contributed by atoms with E-state index in [2.05, 4.69) is 10.3 Å². The highest BCUT2D eigenvalue weighted by Gasteiger charge is 2.08. The average molecular weight is 293 g/mol. The van der Waals surface area contributed by atoms with E-state index in [0.29, 0.717) is 10.7 Å². The number of carbonyl (C=O) groups is 1. The number of nitrogens with one attached hydrogen (secondary N) is 1. The molecule has 0 fully saturated rings. The monoisotopic (exact) mass is 292 g/mol. The molecule has 0 spiro atoms. The molecule has 5 nitrogen and oxygen atoms in total. The number of aromatic nitrogens is 1. The lowest BCUT2D eigenvalue weighted by Gasteiger charge is -2.13. The summed E-state index contributed by atoms with van der Waals surface area (Å²) in [5, 5.41) is 22.4. The first-order valence-corrected chi connectivity index (χ1v) is 6.30. The molecule has 1 unspecified atom stereocenters. The van der Waals surface area contributed by atoms with Crippen molar-refractivity contribution in [3.05, 3.63) is 58.9 Å². The molecule has 0 aliphatic rings. The number of carboxylic acids is 1. The Kier molecular flexibility index (Phi) is 4.55. The maximum Gasteiger partial charge on any atom is 0.337 e. The zero-order valence-electron chi connectivity index (χ0n) is 10.5. The first-order chi connectivity index (χ1) is 9.56. The van der Waals surface area contributed by atoms with E-state index in [1.165, 1.54) is 18.5 Å². The van der Waals surface area contributed by atoms with Crippen LogP contribution in [-0.2, 0) is 0 Å². The van der Waals surface area contributed by atoms with Gasteiger partial charge in [-0.25, -0.2) is 4.79 Å². The van der Waals surface area contributed by atoms with Gasteiger partial charge in [-0.15, -0.1) is 0 Å². The standard InChI is InChI=1S/C14H13ClN2O3/c15-11-3-1-9(2-4-11)13(18)8-17-12-5-10(14(19)20)6-16-7-12/h1-7,13,17-18H,8H2,(H,19,20). The highest BCUT2D eigenvalue weighted by molar-refractivity contribution is 6.30. The largest absolute Gasteiger partial charge is 0.478 e. The number of pyridine rings is 1. The summed E-state index contributed by atoms with van der Waals surface area (Å²) in [7, 11) is 0. The summed E-state index contributed by atoms with van der Waals surface area (Å²) >= 11 is 5.78. The lowest BCUT2D eigenvalue weighted by atomic mass is 10.1. The van der Waals surface area contributed by atoms with Crippen LogP contribution in [0.5, 0.6) is 0 Å². The molecule has 0 amide bonds. The molecule has 1 aromatic carbocycles. The van der Waals surface area contributed by atoms with E-state index in [1.54, 1.807) is 24.3 Å². The Hall–Kier alpha value is -2.11. The van der Waals surface area contributed by atoms with E-state index in [1.807, 2.05) is 0 Å². The number of aliphatic hydroxyl groups is 1. The van der Waals surface area contributed by atoms with Gasteiger partial charge in [0.05, 0.1) is 17.4 Å². The number of nitrogens with zero attached hydrogens (tertiary/aromatic N) is 1. The Balaban J connectivity index is 1.99. The second kappa shape index (κ2) is 6.36. The minimum Gasteiger partial charge on any atom is -0.478 e. The Morgan fingerprint density at radius 2 is 2.00 bits per heavy atom. The number of aromatic carboxylic acids is 1. The predicted molar refractivity (Wildman–Crippen MR) is 76.1 cm³/mol. The second-order valence-corrected chi connectivity index (χ2v) is 4.65. The van der Waals surface area contributed by atoms with Crippen molar-refractivity contribution in [3.8, 4) is 0 Å². The number of anilines is 1. The van der Waals surface area contributed by atoms with Crippen LogP contribution >= 0.6 is 11.6 Å². The predicted octanol–water partition coefficient (Wildman–Crippen LogP) is 2.58. The summed E-state index contributed by atoms with van der Waals surface area (Å²) in [4.78, 5) is 14.6. The number of halogens is 1. The van der Waals surface area contributed by atoms with Crippen molar-refractivity contribution < 1.29 is 15.0 Å². The summed E-state index contributed by atoms with van der Waals surface area (Å²) in [5.74, 6) is -1.04. The number of hydrogen-bond acceptors (Lipinski definition) is 4. The Labute approximate surface area is 120 Å². The van der Waals surface area contributed by atoms with Crippen molar-refractivity contribution in [2.45, 2.75) is 6.10 Å². The van der Waals surface area contributed by atoms with Gasteiger partial charge in [0.15, 0.2) is 0 Å². The number of benzene rings is 1. The molecular weight excluding hydrogens is 280 g/mol. The lowest BCUT2D eigenvalue weighted by Crippen LogP contribution is -2.12. The zero-order valence-corrected chi connectivity index (χ0v) is 11.2. The third-order valence-electron chi connectivity index (χ3n) is 2.74. The van der Waals surface area contributed by atoms with E-state index in [4.69, 9.17) is 16.7 Å². The first kappa shape index (κ1) is 14.3. The Morgan fingerprint density at radius 3 is 2.65 bits per heavy atom. The van der Waals surface area contributed by atoms with Gasteiger partial charge in [-0.05, 0) is 23.8 Å². The van der Waals surface area contributed by atoms with Crippen LogP contribution in [0.1, 0.15) is 22.0 Å². The fraction of sp³-hybridized carbons (Fsp3) is 0.143. The minimum atomic E-state index is -1.04. The van der Waals surface area contributed by atoms with Crippen molar-refractivity contribution in [1.82, 2.24) is 4.98 Å². The van der Waals surface area contributed by atoms with E-state index < -0.39 is 12.1 Å². The molecule has 104 valence electrons. The second-order valence-electron chi connectivity index (χ2n) is 4.22. The maximum atomic E-state index is 10.8. The van der Waals surface area contributed by atoms with Crippen LogP contribution < -0.4 is 5.32 Å². The topological polar surface area (TPSA) is 82.5 Å². The maximum absolute atomic E-state index is 10.8. The third kappa shape index (κ3) is 3.69. The fourth-order valence-electron chi connectivity index (χ4n) is 1.67. The summed E-state index contributed by atoms with van der Waals surface area (Å²) < 4.78 is 0. The van der Waals surface area contributed by atoms with Crippen LogP contribution in [0.3, 0.4) is 0 Å². The van der Waals surface area contributed by atoms with Crippen molar-refractivity contribution >= 4 is 23.3 Å². The van der Waals surface area contributed by atoms with Gasteiger partial charge in [0.2, 0.25) is 0 Å². The van der Waals surface area contributed by atoms with Crippen LogP contribution in [0.25, 0.3) is 0 Å². The molecule has 0 saturated carbocycles. The number of rotatable bonds is 5. The number of carboxylic acid groups (broad SMARTS) is 1. The smallest absolute Gasteiger partial charge is 0.337 e. The quantitative estimate of drug-likeness (QED) is 0.789. The number of hydrogen-bond donors (Lipinski definition) is 3. The lowest BCUT2D eigenvalue weighted by molar-refractivity contribution is 0.0696. The van der Waals surface area contributed by atoms with Gasteiger partial charge in [-0.1, -0.05) is 23.7 Å². The van der Waals surface area contributed by atoms with Gasteiger partial charge in [0.1, 0.15) is 0 Å². The van der Waals surface area contributed by atoms with Crippen LogP contribution in [0.2, 0.25) is 5.02 Å². The Morgan fingerprint density at radius 1 is 1.30 bits per heavy atom. The highest BCUT2D eigenvalue weighted by atomic mass is 35.5. The average Bonchev–Trinajstić information content (AvgIpc) is 2.46. The van der Waals surface area contributed by atoms with Crippen molar-refractivity contribution in [3.63, 3.8) is 0 Å². The van der Waals surface area contributed by atoms with Crippen molar-refractivity contribution in [2.24, 2.45) is 0 Å². The van der Waals surface area contributed by atoms with Crippen LogP contribution in [0, 0.1) is 0 Å². The molecule has 2 rings (SSSR count). The van der Waals surface area contributed by atoms with Crippen LogP contribution in [0.4, 0.5) is 5.69 Å². The van der Waals surface area contributed by atoms with Gasteiger partial charge in [-0.2, -0.15) is 0 Å². The molecule has 0 aliphatic heterocycles. The number of aliphatic hydroxyl groups excluding tert-OH is 1. The highest BCUT2D eigenvalue weighted by Crippen LogP contribution is 2.17. The van der Waals surface area contributed by atoms with E-state index in [9.17, 15) is 9.90 Å². The molecule has 3 N–H and O–H groups in total. The molecule has 1 aromatic heterocycles. The zero-order chi connectivity index (χ0) is 14.5. The van der Waals surface area contributed by atoms with Crippen molar-refractivity contribution in [1.29, 1.82) is 0 Å². The van der Waals surface area contributed by atoms with Gasteiger partial charge < -0.3 is 15.5 Å². The van der Waals surface area contributed by atoms with Crippen molar-refractivity contribution in [2.75, 3.05) is 11.9 Å². The summed E-state index contributed by atoms with van der Waals surface area (Å²) in [6.45, 7) is 0.242. The molecule has 20 heavy (non-hydrogen) atoms. The molecular formula is C14H13ClN2O3. The molecule has 0 radical (unpaired) electrons. The SMILES string of the molecule is O=C(O)c1cncc(NCC(O)c2ccc(Cl)cc2)c1. The van der Waals surface area contributed by atoms with E-state index in [-0.39, 0.29) is 12.1 Å². The van der Waals surface area contributed by atoms with Gasteiger partial charge >= 0.3 is 5.97 Å². The molecule has 2 aromatic rings. The molecule has 0 saturated heterocycles. The molecule has 0 aliphatic carbocycles. The van der Waals surface area contributed by atoms with E-state index >= 15 is 0 Å². The minimum absolute atomic E-state index is 0.0935. The molecule has 1 atom stereocenters. The van der Waals surface area contributed by atoms with Gasteiger partial charge in [-0.3, -0.25) is 4.98 Å². The Bertz CT molecular complexity index is 602. The normalized spacial score (nSPS) is 11.9. The fourth-order valence-corrected chi connectivity index (χ4v) is 1.80. The van der Waals surface area contributed by atoms with Gasteiger partial charge in [0, 0.05) is 24.0 Å². The van der Waals surface area contributed by atoms with E-state index in [0.717, 1.165) is 5.56 Å². The summed E-state index contributed by atoms with van der Waals surface area (Å²) in [6, 6.07) is 8.34.